The first-order valence-corrected chi connectivity index (χ1v) is 7.71. The second-order valence-electron chi connectivity index (χ2n) is 6.63. The fourth-order valence-corrected chi connectivity index (χ4v) is 3.33. The number of hydrogen-bond donors (Lipinski definition) is 1. The predicted octanol–water partition coefficient (Wildman–Crippen LogP) is 4.78. The fourth-order valence-electron chi connectivity index (χ4n) is 3.33. The smallest absolute Gasteiger partial charge is 0.0601 e. The van der Waals surface area contributed by atoms with E-state index in [9.17, 15) is 5.11 Å². The summed E-state index contributed by atoms with van der Waals surface area (Å²) in [6.07, 6.45) is 10.2. The second kappa shape index (κ2) is 6.78. The van der Waals surface area contributed by atoms with Gasteiger partial charge in [-0.05, 0) is 36.5 Å². The monoisotopic (exact) mass is 240 g/mol. The Kier molecular flexibility index (Phi) is 5.99. The van der Waals surface area contributed by atoms with Crippen LogP contribution in [0.1, 0.15) is 79.1 Å². The first-order chi connectivity index (χ1) is 8.03. The summed E-state index contributed by atoms with van der Waals surface area (Å²) in [7, 11) is 0. The summed E-state index contributed by atoms with van der Waals surface area (Å²) in [6.45, 7) is 9.15. The Labute approximate surface area is 108 Å². The maximum atomic E-state index is 10.5. The van der Waals surface area contributed by atoms with E-state index in [0.29, 0.717) is 17.3 Å². The molecule has 0 aromatic carbocycles. The molecule has 1 fully saturated rings. The van der Waals surface area contributed by atoms with Crippen LogP contribution in [0.15, 0.2) is 0 Å². The van der Waals surface area contributed by atoms with E-state index in [4.69, 9.17) is 0 Å². The Hall–Kier alpha value is -0.0400. The maximum absolute atomic E-state index is 10.5. The van der Waals surface area contributed by atoms with Crippen LogP contribution in [0.25, 0.3) is 0 Å². The third kappa shape index (κ3) is 3.98. The summed E-state index contributed by atoms with van der Waals surface area (Å²) in [5.41, 5.74) is 0.317. The van der Waals surface area contributed by atoms with Crippen molar-refractivity contribution in [2.45, 2.75) is 85.2 Å². The Morgan fingerprint density at radius 2 is 1.76 bits per heavy atom. The zero-order chi connectivity index (χ0) is 12.9. The summed E-state index contributed by atoms with van der Waals surface area (Å²) in [5.74, 6) is 1.12. The van der Waals surface area contributed by atoms with Gasteiger partial charge in [0.2, 0.25) is 0 Å². The molecule has 1 saturated carbocycles. The van der Waals surface area contributed by atoms with Gasteiger partial charge in [0.1, 0.15) is 0 Å². The van der Waals surface area contributed by atoms with Crippen molar-refractivity contribution in [3.8, 4) is 0 Å². The van der Waals surface area contributed by atoms with Crippen molar-refractivity contribution in [2.75, 3.05) is 0 Å². The number of unbranched alkanes of at least 4 members (excludes halogenated alkanes) is 3. The van der Waals surface area contributed by atoms with Crippen molar-refractivity contribution in [2.24, 2.45) is 17.3 Å². The highest BCUT2D eigenvalue weighted by Gasteiger charge is 2.41. The number of hydrogen-bond acceptors (Lipinski definition) is 1. The Bertz CT molecular complexity index is 210. The van der Waals surface area contributed by atoms with E-state index < -0.39 is 0 Å². The zero-order valence-corrected chi connectivity index (χ0v) is 12.3. The van der Waals surface area contributed by atoms with E-state index in [-0.39, 0.29) is 6.10 Å². The molecule has 0 spiro atoms. The minimum atomic E-state index is -0.0356. The molecule has 1 rings (SSSR count). The molecule has 1 heteroatoms. The van der Waals surface area contributed by atoms with Crippen LogP contribution in [-0.4, -0.2) is 11.2 Å². The lowest BCUT2D eigenvalue weighted by Gasteiger charge is -2.34. The van der Waals surface area contributed by atoms with Gasteiger partial charge in [-0.25, -0.2) is 0 Å². The average molecular weight is 240 g/mol. The van der Waals surface area contributed by atoms with Crippen LogP contribution < -0.4 is 0 Å². The van der Waals surface area contributed by atoms with Gasteiger partial charge in [0.05, 0.1) is 6.10 Å². The third-order valence-corrected chi connectivity index (χ3v) is 5.09. The lowest BCUT2D eigenvalue weighted by molar-refractivity contribution is 0.0280. The molecule has 0 aromatic heterocycles. The molecule has 102 valence electrons. The summed E-state index contributed by atoms with van der Waals surface area (Å²) in [6, 6.07) is 0. The molecule has 3 unspecified atom stereocenters. The van der Waals surface area contributed by atoms with Crippen LogP contribution in [0.4, 0.5) is 0 Å². The van der Waals surface area contributed by atoms with Crippen LogP contribution in [0, 0.1) is 17.3 Å². The molecule has 0 aromatic rings. The van der Waals surface area contributed by atoms with Gasteiger partial charge in [0.25, 0.3) is 0 Å². The molecule has 0 radical (unpaired) electrons. The molecule has 3 atom stereocenters. The van der Waals surface area contributed by atoms with Crippen LogP contribution in [0.5, 0.6) is 0 Å². The van der Waals surface area contributed by atoms with Gasteiger partial charge in [-0.2, -0.15) is 0 Å². The summed E-state index contributed by atoms with van der Waals surface area (Å²) < 4.78 is 0. The largest absolute Gasteiger partial charge is 0.393 e. The number of rotatable bonds is 7. The molecule has 0 heterocycles. The Morgan fingerprint density at radius 1 is 1.06 bits per heavy atom. The van der Waals surface area contributed by atoms with Crippen molar-refractivity contribution in [3.05, 3.63) is 0 Å². The molecule has 0 amide bonds. The first kappa shape index (κ1) is 15.0. The molecular formula is C16H32O. The van der Waals surface area contributed by atoms with Gasteiger partial charge in [-0.3, -0.25) is 0 Å². The topological polar surface area (TPSA) is 20.2 Å². The van der Waals surface area contributed by atoms with Crippen LogP contribution >= 0.6 is 0 Å². The molecule has 1 nitrogen and oxygen atoms in total. The minimum Gasteiger partial charge on any atom is -0.393 e. The predicted molar refractivity (Wildman–Crippen MR) is 75.1 cm³/mol. The summed E-state index contributed by atoms with van der Waals surface area (Å²) in [5, 5.41) is 10.5. The highest BCUT2D eigenvalue weighted by molar-refractivity contribution is 4.91. The fraction of sp³-hybridized carbons (Fsp3) is 1.00. The highest BCUT2D eigenvalue weighted by Crippen LogP contribution is 2.45. The van der Waals surface area contributed by atoms with E-state index >= 15 is 0 Å². The van der Waals surface area contributed by atoms with E-state index in [1.807, 2.05) is 0 Å². The van der Waals surface area contributed by atoms with Gasteiger partial charge in [-0.1, -0.05) is 59.8 Å². The van der Waals surface area contributed by atoms with Crippen molar-refractivity contribution in [1.29, 1.82) is 0 Å². The van der Waals surface area contributed by atoms with Gasteiger partial charge < -0.3 is 5.11 Å². The Balaban J connectivity index is 2.36. The van der Waals surface area contributed by atoms with E-state index in [2.05, 4.69) is 27.7 Å². The molecule has 0 aliphatic heterocycles. The molecular weight excluding hydrogens is 208 g/mol. The number of aliphatic hydroxyl groups is 1. The van der Waals surface area contributed by atoms with Gasteiger partial charge in [0.15, 0.2) is 0 Å². The van der Waals surface area contributed by atoms with Crippen LogP contribution in [0.3, 0.4) is 0 Å². The first-order valence-electron chi connectivity index (χ1n) is 7.71. The minimum absolute atomic E-state index is 0.0356. The van der Waals surface area contributed by atoms with Crippen molar-refractivity contribution < 1.29 is 5.11 Å². The maximum Gasteiger partial charge on any atom is 0.0601 e. The molecule has 1 N–H and O–H groups in total. The highest BCUT2D eigenvalue weighted by atomic mass is 16.3. The third-order valence-electron chi connectivity index (χ3n) is 5.09. The molecule has 0 saturated heterocycles. The van der Waals surface area contributed by atoms with Crippen LogP contribution in [0.2, 0.25) is 0 Å². The molecule has 0 bridgehead atoms. The van der Waals surface area contributed by atoms with Gasteiger partial charge >= 0.3 is 0 Å². The van der Waals surface area contributed by atoms with E-state index in [1.54, 1.807) is 0 Å². The normalized spacial score (nSPS) is 29.8. The Morgan fingerprint density at radius 3 is 2.35 bits per heavy atom. The molecule has 17 heavy (non-hydrogen) atoms. The second-order valence-corrected chi connectivity index (χ2v) is 6.63. The van der Waals surface area contributed by atoms with Crippen molar-refractivity contribution in [3.63, 3.8) is 0 Å². The van der Waals surface area contributed by atoms with Crippen molar-refractivity contribution in [1.82, 2.24) is 0 Å². The van der Waals surface area contributed by atoms with Crippen molar-refractivity contribution >= 4 is 0 Å². The lowest BCUT2D eigenvalue weighted by atomic mass is 9.74. The van der Waals surface area contributed by atoms with E-state index in [1.165, 1.54) is 51.4 Å². The zero-order valence-electron chi connectivity index (χ0n) is 12.3. The quantitative estimate of drug-likeness (QED) is 0.635. The number of aliphatic hydroxyl groups excluding tert-OH is 1. The average Bonchev–Trinajstić information content (AvgIpc) is 2.67. The SMILES string of the molecule is CCCCCCC1CCC(C(C)(C)CC)C1O. The molecule has 1 aliphatic rings. The van der Waals surface area contributed by atoms with Gasteiger partial charge in [0, 0.05) is 0 Å². The summed E-state index contributed by atoms with van der Waals surface area (Å²) in [4.78, 5) is 0. The summed E-state index contributed by atoms with van der Waals surface area (Å²) >= 11 is 0. The van der Waals surface area contributed by atoms with E-state index in [0.717, 1.165) is 0 Å². The standard InChI is InChI=1S/C16H32O/c1-5-7-8-9-10-13-11-12-14(15(13)17)16(3,4)6-2/h13-15,17H,5-12H2,1-4H3. The van der Waals surface area contributed by atoms with Gasteiger partial charge in [-0.15, -0.1) is 0 Å². The molecule has 1 aliphatic carbocycles. The lowest BCUT2D eigenvalue weighted by Crippen LogP contribution is -2.32. The van der Waals surface area contributed by atoms with Crippen LogP contribution in [-0.2, 0) is 0 Å².